The smallest absolute Gasteiger partial charge is 0.207 e. The molecule has 3 nitrogen and oxygen atoms in total. The first-order valence-electron chi connectivity index (χ1n) is 6.90. The van der Waals surface area contributed by atoms with Crippen molar-refractivity contribution in [2.75, 3.05) is 13.1 Å². The first-order valence-corrected chi connectivity index (χ1v) is 8.34. The number of sulfonamides is 1. The molecule has 108 valence electrons. The summed E-state index contributed by atoms with van der Waals surface area (Å²) < 4.78 is 26.8. The molecule has 1 saturated carbocycles. The number of benzene rings is 1. The molecule has 0 atom stereocenters. The Bertz CT molecular complexity index is 606. The predicted octanol–water partition coefficient (Wildman–Crippen LogP) is 3.28. The molecule has 0 saturated heterocycles. The number of hydrogen-bond acceptors (Lipinski definition) is 2. The van der Waals surface area contributed by atoms with Crippen molar-refractivity contribution in [2.24, 2.45) is 0 Å². The fourth-order valence-electron chi connectivity index (χ4n) is 1.86. The highest BCUT2D eigenvalue weighted by atomic mass is 32.2. The van der Waals surface area contributed by atoms with Crippen LogP contribution in [0.15, 0.2) is 53.0 Å². The maximum Gasteiger partial charge on any atom is 0.243 e. The summed E-state index contributed by atoms with van der Waals surface area (Å²) >= 11 is 0. The number of hydrogen-bond donors (Lipinski definition) is 0. The molecule has 0 bridgehead atoms. The molecular formula is C16H21NO2S. The third-order valence-corrected chi connectivity index (χ3v) is 5.17. The Labute approximate surface area is 121 Å². The Morgan fingerprint density at radius 1 is 1.15 bits per heavy atom. The average molecular weight is 291 g/mol. The lowest BCUT2D eigenvalue weighted by Gasteiger charge is -2.19. The summed E-state index contributed by atoms with van der Waals surface area (Å²) in [5.41, 5.74) is 2.42. The van der Waals surface area contributed by atoms with E-state index in [1.807, 2.05) is 44.2 Å². The topological polar surface area (TPSA) is 37.4 Å². The number of rotatable bonds is 6. The van der Waals surface area contributed by atoms with Crippen LogP contribution >= 0.6 is 0 Å². The Kier molecular flexibility index (Phi) is 4.78. The van der Waals surface area contributed by atoms with Crippen LogP contribution in [0.4, 0.5) is 0 Å². The molecule has 1 aromatic carbocycles. The second-order valence-corrected chi connectivity index (χ2v) is 7.00. The van der Waals surface area contributed by atoms with E-state index in [1.165, 1.54) is 9.88 Å². The van der Waals surface area contributed by atoms with Gasteiger partial charge in [0.05, 0.1) is 4.90 Å². The van der Waals surface area contributed by atoms with Gasteiger partial charge in [-0.1, -0.05) is 41.5 Å². The van der Waals surface area contributed by atoms with E-state index in [1.54, 1.807) is 12.1 Å². The Hall–Kier alpha value is -1.39. The lowest BCUT2D eigenvalue weighted by Crippen LogP contribution is -2.31. The number of aryl methyl sites for hydroxylation is 1. The highest BCUT2D eigenvalue weighted by molar-refractivity contribution is 7.89. The monoisotopic (exact) mass is 291 g/mol. The summed E-state index contributed by atoms with van der Waals surface area (Å²) in [4.78, 5) is 0.363. The van der Waals surface area contributed by atoms with E-state index in [0.717, 1.165) is 18.4 Å². The maximum atomic E-state index is 12.6. The zero-order chi connectivity index (χ0) is 14.6. The van der Waals surface area contributed by atoms with E-state index in [2.05, 4.69) is 0 Å². The van der Waals surface area contributed by atoms with E-state index in [4.69, 9.17) is 0 Å². The van der Waals surface area contributed by atoms with Crippen LogP contribution in [0.25, 0.3) is 0 Å². The third kappa shape index (κ3) is 3.81. The summed E-state index contributed by atoms with van der Waals surface area (Å²) in [5, 5.41) is 0. The minimum atomic E-state index is -3.42. The largest absolute Gasteiger partial charge is 0.243 e. The van der Waals surface area contributed by atoms with Crippen LogP contribution in [-0.4, -0.2) is 25.8 Å². The van der Waals surface area contributed by atoms with Crippen LogP contribution in [0, 0.1) is 6.92 Å². The molecule has 1 aliphatic rings. The van der Waals surface area contributed by atoms with Crippen molar-refractivity contribution in [3.05, 3.63) is 53.6 Å². The van der Waals surface area contributed by atoms with Gasteiger partial charge in [0.25, 0.3) is 0 Å². The lowest BCUT2D eigenvalue weighted by atomic mass is 10.2. The molecule has 1 aromatic rings. The highest BCUT2D eigenvalue weighted by Crippen LogP contribution is 2.27. The zero-order valence-corrected chi connectivity index (χ0v) is 12.9. The van der Waals surface area contributed by atoms with Crippen molar-refractivity contribution in [3.63, 3.8) is 0 Å². The lowest BCUT2D eigenvalue weighted by molar-refractivity contribution is 0.473. The molecule has 0 heterocycles. The van der Waals surface area contributed by atoms with Gasteiger partial charge in [0, 0.05) is 13.1 Å². The van der Waals surface area contributed by atoms with Gasteiger partial charge in [-0.15, -0.1) is 0 Å². The zero-order valence-electron chi connectivity index (χ0n) is 12.0. The van der Waals surface area contributed by atoms with E-state index >= 15 is 0 Å². The predicted molar refractivity (Wildman–Crippen MR) is 82.1 cm³/mol. The Balaban J connectivity index is 2.24. The standard InChI is InChI=1S/C16H21NO2S/c1-3-4-12-17(13-11-15-7-8-15)20(18,19)16-9-5-14(2)6-10-16/h3-6,9-11H,7-8,12-13H2,1-2H3/b4-3+. The van der Waals surface area contributed by atoms with Crippen LogP contribution in [0.3, 0.4) is 0 Å². The summed E-state index contributed by atoms with van der Waals surface area (Å²) in [6.07, 6.45) is 8.01. The van der Waals surface area contributed by atoms with Crippen LogP contribution in [0.5, 0.6) is 0 Å². The summed E-state index contributed by atoms with van der Waals surface area (Å²) in [5.74, 6) is 0. The van der Waals surface area contributed by atoms with Crippen LogP contribution in [0.1, 0.15) is 25.3 Å². The van der Waals surface area contributed by atoms with Gasteiger partial charge in [0.2, 0.25) is 10.0 Å². The molecule has 0 aromatic heterocycles. The first kappa shape index (κ1) is 15.0. The van der Waals surface area contributed by atoms with Crippen molar-refractivity contribution in [2.45, 2.75) is 31.6 Å². The van der Waals surface area contributed by atoms with Gasteiger partial charge in [-0.25, -0.2) is 8.42 Å². The van der Waals surface area contributed by atoms with Crippen molar-refractivity contribution < 1.29 is 8.42 Å². The molecule has 1 aliphatic carbocycles. The summed E-state index contributed by atoms with van der Waals surface area (Å²) in [7, 11) is -3.42. The second-order valence-electron chi connectivity index (χ2n) is 5.07. The van der Waals surface area contributed by atoms with E-state index < -0.39 is 10.0 Å². The fraction of sp³-hybridized carbons (Fsp3) is 0.375. The Morgan fingerprint density at radius 3 is 2.35 bits per heavy atom. The van der Waals surface area contributed by atoms with Crippen molar-refractivity contribution >= 4 is 10.0 Å². The quantitative estimate of drug-likeness (QED) is 0.754. The maximum absolute atomic E-state index is 12.6. The number of allylic oxidation sites excluding steroid dienone is 2. The molecule has 20 heavy (non-hydrogen) atoms. The Morgan fingerprint density at radius 2 is 1.80 bits per heavy atom. The van der Waals surface area contributed by atoms with Gasteiger partial charge < -0.3 is 0 Å². The van der Waals surface area contributed by atoms with Crippen LogP contribution in [-0.2, 0) is 10.0 Å². The molecule has 0 radical (unpaired) electrons. The molecular weight excluding hydrogens is 270 g/mol. The van der Waals surface area contributed by atoms with Gasteiger partial charge in [-0.05, 0) is 38.8 Å². The molecule has 2 rings (SSSR count). The molecule has 0 spiro atoms. The van der Waals surface area contributed by atoms with E-state index in [0.29, 0.717) is 18.0 Å². The molecule has 0 amide bonds. The average Bonchev–Trinajstić information content (AvgIpc) is 3.23. The minimum absolute atomic E-state index is 0.363. The van der Waals surface area contributed by atoms with E-state index in [9.17, 15) is 8.42 Å². The summed E-state index contributed by atoms with van der Waals surface area (Å²) in [6.45, 7) is 4.72. The van der Waals surface area contributed by atoms with Gasteiger partial charge in [-0.3, -0.25) is 0 Å². The van der Waals surface area contributed by atoms with Gasteiger partial charge >= 0.3 is 0 Å². The molecule has 0 N–H and O–H groups in total. The SMILES string of the molecule is C/C=C/CN(CC=C1CC1)S(=O)(=O)c1ccc(C)cc1. The van der Waals surface area contributed by atoms with E-state index in [-0.39, 0.29) is 0 Å². The minimum Gasteiger partial charge on any atom is -0.207 e. The summed E-state index contributed by atoms with van der Waals surface area (Å²) in [6, 6.07) is 7.02. The van der Waals surface area contributed by atoms with Crippen molar-refractivity contribution in [3.8, 4) is 0 Å². The van der Waals surface area contributed by atoms with Crippen LogP contribution < -0.4 is 0 Å². The highest BCUT2D eigenvalue weighted by Gasteiger charge is 2.23. The molecule has 4 heteroatoms. The fourth-order valence-corrected chi connectivity index (χ4v) is 3.19. The second kappa shape index (κ2) is 6.37. The molecule has 0 aliphatic heterocycles. The molecule has 0 unspecified atom stereocenters. The van der Waals surface area contributed by atoms with Gasteiger partial charge in [0.1, 0.15) is 0 Å². The van der Waals surface area contributed by atoms with Gasteiger partial charge in [-0.2, -0.15) is 4.31 Å². The first-order chi connectivity index (χ1) is 9.54. The van der Waals surface area contributed by atoms with Crippen LogP contribution in [0.2, 0.25) is 0 Å². The third-order valence-electron chi connectivity index (χ3n) is 3.33. The normalized spacial score (nSPS) is 15.1. The van der Waals surface area contributed by atoms with Crippen molar-refractivity contribution in [1.29, 1.82) is 0 Å². The van der Waals surface area contributed by atoms with Gasteiger partial charge in [0.15, 0.2) is 0 Å². The molecule has 1 fully saturated rings. The number of nitrogens with zero attached hydrogens (tertiary/aromatic N) is 1. The van der Waals surface area contributed by atoms with Crippen molar-refractivity contribution in [1.82, 2.24) is 4.31 Å².